The number of rotatable bonds is 7. The van der Waals surface area contributed by atoms with Crippen molar-refractivity contribution in [3.05, 3.63) is 0 Å². The molecular weight excluding hydrogens is 326 g/mol. The van der Waals surface area contributed by atoms with Crippen molar-refractivity contribution in [1.29, 1.82) is 0 Å². The topological polar surface area (TPSA) is 85.3 Å². The highest BCUT2D eigenvalue weighted by Crippen LogP contribution is 2.29. The molecule has 2 fully saturated rings. The third-order valence-corrected chi connectivity index (χ3v) is 4.58. The van der Waals surface area contributed by atoms with Crippen LogP contribution in [0.1, 0.15) is 59.3 Å². The van der Waals surface area contributed by atoms with E-state index < -0.39 is 11.6 Å². The molecule has 144 valence electrons. The van der Waals surface area contributed by atoms with Gasteiger partial charge < -0.3 is 14.6 Å². The lowest BCUT2D eigenvalue weighted by Crippen LogP contribution is -2.39. The molecule has 0 bridgehead atoms. The van der Waals surface area contributed by atoms with Crippen LogP contribution < -0.4 is 0 Å². The minimum absolute atomic E-state index is 0.0503. The summed E-state index contributed by atoms with van der Waals surface area (Å²) < 4.78 is 10.7. The minimum atomic E-state index is -0.701. The van der Waals surface area contributed by atoms with Crippen LogP contribution in [-0.4, -0.2) is 59.6 Å². The van der Waals surface area contributed by atoms with E-state index in [1.54, 1.807) is 0 Å². The first kappa shape index (κ1) is 20.1. The number of carbonyl (C=O) groups excluding carboxylic acids is 1. The summed E-state index contributed by atoms with van der Waals surface area (Å²) in [5, 5.41) is 11.0. The fourth-order valence-electron chi connectivity index (χ4n) is 3.37. The van der Waals surface area contributed by atoms with Crippen molar-refractivity contribution in [1.82, 2.24) is 5.06 Å². The Morgan fingerprint density at radius 1 is 1.12 bits per heavy atom. The maximum absolute atomic E-state index is 11.7. The summed E-state index contributed by atoms with van der Waals surface area (Å²) in [4.78, 5) is 28.8. The Hall–Kier alpha value is -1.18. The van der Waals surface area contributed by atoms with Crippen molar-refractivity contribution in [2.75, 3.05) is 19.8 Å². The summed E-state index contributed by atoms with van der Waals surface area (Å²) in [5.41, 5.74) is -0.502. The third-order valence-electron chi connectivity index (χ3n) is 4.58. The van der Waals surface area contributed by atoms with E-state index in [2.05, 4.69) is 0 Å². The Balaban J connectivity index is 1.68. The van der Waals surface area contributed by atoms with Crippen molar-refractivity contribution in [2.24, 2.45) is 5.92 Å². The second-order valence-corrected chi connectivity index (χ2v) is 7.96. The number of carbonyl (C=O) groups is 2. The van der Waals surface area contributed by atoms with Gasteiger partial charge in [0.25, 0.3) is 0 Å². The standard InChI is InChI=1S/C18H31NO6/c1-18(2,3)24-16(20)12-23-11-14-5-4-10-19(14)25-15-8-6-13(7-9-15)17(21)22/h13-15H,4-12H2,1-3H3,(H,21,22)/t13-,14-,15-/m0/s1. The van der Waals surface area contributed by atoms with Crippen LogP contribution in [0.15, 0.2) is 0 Å². The molecule has 0 aromatic rings. The van der Waals surface area contributed by atoms with Gasteiger partial charge in [-0.15, -0.1) is 0 Å². The number of esters is 1. The number of hydrogen-bond acceptors (Lipinski definition) is 6. The number of hydroxylamine groups is 2. The highest BCUT2D eigenvalue weighted by Gasteiger charge is 2.32. The second-order valence-electron chi connectivity index (χ2n) is 7.96. The zero-order valence-corrected chi connectivity index (χ0v) is 15.5. The maximum atomic E-state index is 11.7. The lowest BCUT2D eigenvalue weighted by Gasteiger charge is -2.32. The summed E-state index contributed by atoms with van der Waals surface area (Å²) in [6.07, 6.45) is 4.99. The first-order chi connectivity index (χ1) is 11.7. The maximum Gasteiger partial charge on any atom is 0.332 e. The SMILES string of the molecule is CC(C)(C)OC(=O)COC[C@@H]1CCCN1O[C@H]1CC[C@H](C(=O)O)CC1. The summed E-state index contributed by atoms with van der Waals surface area (Å²) in [6, 6.07) is 0.139. The largest absolute Gasteiger partial charge is 0.481 e. The Labute approximate surface area is 149 Å². The molecule has 7 heteroatoms. The van der Waals surface area contributed by atoms with Gasteiger partial charge in [-0.25, -0.2) is 4.79 Å². The number of carboxylic acid groups (broad SMARTS) is 1. The van der Waals surface area contributed by atoms with E-state index in [0.29, 0.717) is 19.4 Å². The molecule has 1 aliphatic carbocycles. The third kappa shape index (κ3) is 6.92. The van der Waals surface area contributed by atoms with Gasteiger partial charge >= 0.3 is 11.9 Å². The molecule has 2 aliphatic rings. The van der Waals surface area contributed by atoms with Crippen LogP contribution in [0.4, 0.5) is 0 Å². The predicted molar refractivity (Wildman–Crippen MR) is 90.9 cm³/mol. The average molecular weight is 357 g/mol. The highest BCUT2D eigenvalue weighted by molar-refractivity contribution is 5.71. The molecule has 1 saturated carbocycles. The van der Waals surface area contributed by atoms with Gasteiger partial charge in [0.1, 0.15) is 12.2 Å². The zero-order valence-electron chi connectivity index (χ0n) is 15.5. The van der Waals surface area contributed by atoms with Crippen molar-refractivity contribution < 1.29 is 29.0 Å². The predicted octanol–water partition coefficient (Wildman–Crippen LogP) is 2.38. The van der Waals surface area contributed by atoms with Gasteiger partial charge in [-0.05, 0) is 59.3 Å². The molecule has 0 aromatic heterocycles. The molecule has 25 heavy (non-hydrogen) atoms. The van der Waals surface area contributed by atoms with E-state index in [4.69, 9.17) is 19.4 Å². The zero-order chi connectivity index (χ0) is 18.4. The van der Waals surface area contributed by atoms with E-state index >= 15 is 0 Å². The molecular formula is C18H31NO6. The number of hydrogen-bond donors (Lipinski definition) is 1. The minimum Gasteiger partial charge on any atom is -0.481 e. The molecule has 1 saturated heterocycles. The average Bonchev–Trinajstić information content (AvgIpc) is 2.93. The molecule has 0 radical (unpaired) electrons. The summed E-state index contributed by atoms with van der Waals surface area (Å²) in [6.45, 7) is 6.72. The molecule has 0 unspecified atom stereocenters. The Morgan fingerprint density at radius 3 is 2.40 bits per heavy atom. The molecule has 1 N–H and O–H groups in total. The van der Waals surface area contributed by atoms with E-state index in [0.717, 1.165) is 32.2 Å². The Morgan fingerprint density at radius 2 is 1.80 bits per heavy atom. The van der Waals surface area contributed by atoms with Crippen LogP contribution >= 0.6 is 0 Å². The summed E-state index contributed by atoms with van der Waals surface area (Å²) in [7, 11) is 0. The molecule has 1 atom stereocenters. The second kappa shape index (κ2) is 8.96. The van der Waals surface area contributed by atoms with Gasteiger partial charge in [0.15, 0.2) is 0 Å². The van der Waals surface area contributed by atoms with E-state index in [9.17, 15) is 9.59 Å². The first-order valence-corrected chi connectivity index (χ1v) is 9.20. The molecule has 2 rings (SSSR count). The van der Waals surface area contributed by atoms with Gasteiger partial charge in [0.05, 0.1) is 24.7 Å². The van der Waals surface area contributed by atoms with Gasteiger partial charge in [0.2, 0.25) is 0 Å². The van der Waals surface area contributed by atoms with Gasteiger partial charge in [-0.3, -0.25) is 9.63 Å². The molecule has 0 spiro atoms. The highest BCUT2D eigenvalue weighted by atomic mass is 16.7. The summed E-state index contributed by atoms with van der Waals surface area (Å²) >= 11 is 0. The van der Waals surface area contributed by atoms with Gasteiger partial charge in [-0.1, -0.05) is 0 Å². The van der Waals surface area contributed by atoms with Crippen LogP contribution in [0.25, 0.3) is 0 Å². The van der Waals surface area contributed by atoms with Crippen molar-refractivity contribution >= 4 is 11.9 Å². The van der Waals surface area contributed by atoms with Crippen molar-refractivity contribution in [3.63, 3.8) is 0 Å². The van der Waals surface area contributed by atoms with Crippen LogP contribution in [0.5, 0.6) is 0 Å². The van der Waals surface area contributed by atoms with E-state index in [1.165, 1.54) is 0 Å². The lowest BCUT2D eigenvalue weighted by atomic mass is 9.88. The van der Waals surface area contributed by atoms with Gasteiger partial charge in [-0.2, -0.15) is 5.06 Å². The van der Waals surface area contributed by atoms with Crippen LogP contribution in [-0.2, 0) is 23.9 Å². The van der Waals surface area contributed by atoms with Crippen molar-refractivity contribution in [3.8, 4) is 0 Å². The number of ether oxygens (including phenoxy) is 2. The lowest BCUT2D eigenvalue weighted by molar-refractivity contribution is -0.222. The Bertz CT molecular complexity index is 453. The quantitative estimate of drug-likeness (QED) is 0.700. The number of nitrogens with zero attached hydrogens (tertiary/aromatic N) is 1. The molecule has 1 aliphatic heterocycles. The number of aliphatic carboxylic acids is 1. The molecule has 1 heterocycles. The fourth-order valence-corrected chi connectivity index (χ4v) is 3.37. The Kier molecular flexibility index (Phi) is 7.22. The fraction of sp³-hybridized carbons (Fsp3) is 0.889. The monoisotopic (exact) mass is 357 g/mol. The first-order valence-electron chi connectivity index (χ1n) is 9.20. The van der Waals surface area contributed by atoms with Crippen LogP contribution in [0.2, 0.25) is 0 Å². The van der Waals surface area contributed by atoms with Crippen LogP contribution in [0, 0.1) is 5.92 Å². The number of carboxylic acids is 1. The van der Waals surface area contributed by atoms with E-state index in [-0.39, 0.29) is 30.6 Å². The summed E-state index contributed by atoms with van der Waals surface area (Å²) in [5.74, 6) is -1.29. The normalized spacial score (nSPS) is 28.0. The van der Waals surface area contributed by atoms with Gasteiger partial charge in [0, 0.05) is 6.54 Å². The molecule has 0 amide bonds. The van der Waals surface area contributed by atoms with Crippen molar-refractivity contribution in [2.45, 2.75) is 77.0 Å². The smallest absolute Gasteiger partial charge is 0.332 e. The van der Waals surface area contributed by atoms with E-state index in [1.807, 2.05) is 25.8 Å². The van der Waals surface area contributed by atoms with Crippen LogP contribution in [0.3, 0.4) is 0 Å². The molecule has 7 nitrogen and oxygen atoms in total. The molecule has 0 aromatic carbocycles.